The van der Waals surface area contributed by atoms with Crippen LogP contribution in [0.2, 0.25) is 5.02 Å². The number of rotatable bonds is 2. The molecule has 2 aromatic heterocycles. The van der Waals surface area contributed by atoms with Gasteiger partial charge in [-0.2, -0.15) is 9.78 Å². The van der Waals surface area contributed by atoms with Gasteiger partial charge in [0.15, 0.2) is 5.82 Å². The first-order valence-electron chi connectivity index (χ1n) is 5.91. The summed E-state index contributed by atoms with van der Waals surface area (Å²) in [6.45, 7) is 1.89. The molecule has 0 bridgehead atoms. The standard InChI is InChI=1S/C12H12ClN7/c1-7-10(6-19(2)16-7)20-12(15-17-18-20)8-4-3-5-9(14)11(8)13/h3-6H,14H2,1-2H3. The lowest BCUT2D eigenvalue weighted by Gasteiger charge is -2.06. The van der Waals surface area contributed by atoms with E-state index in [-0.39, 0.29) is 0 Å². The van der Waals surface area contributed by atoms with Crippen molar-refractivity contribution >= 4 is 17.3 Å². The smallest absolute Gasteiger partial charge is 0.188 e. The van der Waals surface area contributed by atoms with Gasteiger partial charge in [0.1, 0.15) is 5.69 Å². The van der Waals surface area contributed by atoms with Crippen LogP contribution in [-0.2, 0) is 7.05 Å². The molecule has 102 valence electrons. The summed E-state index contributed by atoms with van der Waals surface area (Å²) < 4.78 is 3.31. The lowest BCUT2D eigenvalue weighted by Crippen LogP contribution is -2.01. The van der Waals surface area contributed by atoms with Gasteiger partial charge in [0.2, 0.25) is 0 Å². The van der Waals surface area contributed by atoms with Crippen molar-refractivity contribution in [1.82, 2.24) is 30.0 Å². The maximum Gasteiger partial charge on any atom is 0.188 e. The lowest BCUT2D eigenvalue weighted by molar-refractivity contribution is 0.755. The zero-order valence-corrected chi connectivity index (χ0v) is 11.7. The van der Waals surface area contributed by atoms with Gasteiger partial charge in [-0.1, -0.05) is 17.7 Å². The molecule has 1 aromatic carbocycles. The molecular formula is C12H12ClN7. The van der Waals surface area contributed by atoms with E-state index in [0.29, 0.717) is 22.1 Å². The molecule has 2 N–H and O–H groups in total. The third-order valence-electron chi connectivity index (χ3n) is 2.95. The van der Waals surface area contributed by atoms with Crippen molar-refractivity contribution < 1.29 is 0 Å². The molecule has 8 heteroatoms. The van der Waals surface area contributed by atoms with Crippen LogP contribution in [0.3, 0.4) is 0 Å². The number of tetrazole rings is 1. The number of aromatic nitrogens is 6. The van der Waals surface area contributed by atoms with Crippen LogP contribution in [0.1, 0.15) is 5.69 Å². The Bertz CT molecular complexity index is 774. The fourth-order valence-electron chi connectivity index (χ4n) is 2.03. The zero-order valence-electron chi connectivity index (χ0n) is 10.9. The molecule has 0 aliphatic heterocycles. The highest BCUT2D eigenvalue weighted by Crippen LogP contribution is 2.31. The maximum atomic E-state index is 6.23. The number of nitrogens with two attached hydrogens (primary N) is 1. The minimum absolute atomic E-state index is 0.435. The molecule has 0 spiro atoms. The van der Waals surface area contributed by atoms with E-state index >= 15 is 0 Å². The van der Waals surface area contributed by atoms with Crippen molar-refractivity contribution in [3.8, 4) is 17.1 Å². The number of nitrogen functional groups attached to an aromatic ring is 1. The van der Waals surface area contributed by atoms with Crippen molar-refractivity contribution in [3.63, 3.8) is 0 Å². The number of benzene rings is 1. The first-order valence-corrected chi connectivity index (χ1v) is 6.29. The Morgan fingerprint density at radius 3 is 2.80 bits per heavy atom. The normalized spacial score (nSPS) is 10.9. The number of aryl methyl sites for hydroxylation is 2. The molecule has 0 saturated carbocycles. The molecule has 0 unspecified atom stereocenters. The fraction of sp³-hybridized carbons (Fsp3) is 0.167. The summed E-state index contributed by atoms with van der Waals surface area (Å²) in [6.07, 6.45) is 1.84. The Labute approximate surface area is 120 Å². The third-order valence-corrected chi connectivity index (χ3v) is 3.38. The Morgan fingerprint density at radius 1 is 1.30 bits per heavy atom. The second kappa shape index (κ2) is 4.61. The summed E-state index contributed by atoms with van der Waals surface area (Å²) in [5, 5.41) is 16.5. The summed E-state index contributed by atoms with van der Waals surface area (Å²) in [6, 6.07) is 5.37. The van der Waals surface area contributed by atoms with Crippen LogP contribution in [-0.4, -0.2) is 30.0 Å². The van der Waals surface area contributed by atoms with Gasteiger partial charge in [-0.3, -0.25) is 4.68 Å². The average molecular weight is 290 g/mol. The Kier molecular flexibility index (Phi) is 2.90. The molecule has 20 heavy (non-hydrogen) atoms. The van der Waals surface area contributed by atoms with E-state index in [9.17, 15) is 0 Å². The Morgan fingerprint density at radius 2 is 2.10 bits per heavy atom. The van der Waals surface area contributed by atoms with Crippen LogP contribution in [0.15, 0.2) is 24.4 Å². The van der Waals surface area contributed by atoms with Crippen LogP contribution in [0.4, 0.5) is 5.69 Å². The van der Waals surface area contributed by atoms with Crippen LogP contribution in [0.25, 0.3) is 17.1 Å². The molecule has 0 amide bonds. The van der Waals surface area contributed by atoms with Crippen molar-refractivity contribution in [2.45, 2.75) is 6.92 Å². The molecule has 0 aliphatic rings. The highest BCUT2D eigenvalue weighted by molar-refractivity contribution is 6.35. The van der Waals surface area contributed by atoms with Gasteiger partial charge in [-0.05, 0) is 29.5 Å². The van der Waals surface area contributed by atoms with Gasteiger partial charge in [0, 0.05) is 12.6 Å². The first-order chi connectivity index (χ1) is 9.58. The van der Waals surface area contributed by atoms with Crippen LogP contribution in [0, 0.1) is 6.92 Å². The van der Waals surface area contributed by atoms with Gasteiger partial charge in [-0.25, -0.2) is 0 Å². The van der Waals surface area contributed by atoms with Crippen LogP contribution < -0.4 is 5.73 Å². The summed E-state index contributed by atoms with van der Waals surface area (Å²) in [5.41, 5.74) is 8.61. The summed E-state index contributed by atoms with van der Waals surface area (Å²) in [4.78, 5) is 0. The van der Waals surface area contributed by atoms with E-state index < -0.39 is 0 Å². The number of halogens is 1. The highest BCUT2D eigenvalue weighted by atomic mass is 35.5. The molecule has 2 heterocycles. The Balaban J connectivity index is 2.20. The fourth-order valence-corrected chi connectivity index (χ4v) is 2.25. The monoisotopic (exact) mass is 289 g/mol. The maximum absolute atomic E-state index is 6.23. The van der Waals surface area contributed by atoms with Crippen molar-refractivity contribution in [2.75, 3.05) is 5.73 Å². The predicted octanol–water partition coefficient (Wildman–Crippen LogP) is 1.61. The molecule has 7 nitrogen and oxygen atoms in total. The molecule has 0 radical (unpaired) electrons. The molecule has 0 atom stereocenters. The van der Waals surface area contributed by atoms with Crippen LogP contribution in [0.5, 0.6) is 0 Å². The van der Waals surface area contributed by atoms with Gasteiger partial charge < -0.3 is 5.73 Å². The molecule has 3 aromatic rings. The second-order valence-corrected chi connectivity index (χ2v) is 4.77. The molecule has 0 fully saturated rings. The van der Waals surface area contributed by atoms with E-state index in [0.717, 1.165) is 11.4 Å². The summed E-state index contributed by atoms with van der Waals surface area (Å²) >= 11 is 6.23. The minimum atomic E-state index is 0.435. The number of hydrogen-bond donors (Lipinski definition) is 1. The van der Waals surface area contributed by atoms with Crippen molar-refractivity contribution in [2.24, 2.45) is 7.05 Å². The SMILES string of the molecule is Cc1nn(C)cc1-n1nnnc1-c1cccc(N)c1Cl. The average Bonchev–Trinajstić information content (AvgIpc) is 2.99. The number of hydrogen-bond acceptors (Lipinski definition) is 5. The quantitative estimate of drug-likeness (QED) is 0.724. The molecule has 0 saturated heterocycles. The number of nitrogens with zero attached hydrogens (tertiary/aromatic N) is 6. The van der Waals surface area contributed by atoms with Gasteiger partial charge in [-0.15, -0.1) is 5.10 Å². The Hall–Kier alpha value is -2.41. The van der Waals surface area contributed by atoms with E-state index in [1.807, 2.05) is 32.3 Å². The van der Waals surface area contributed by atoms with Gasteiger partial charge in [0.05, 0.1) is 22.6 Å². The van der Waals surface area contributed by atoms with Crippen molar-refractivity contribution in [1.29, 1.82) is 0 Å². The lowest BCUT2D eigenvalue weighted by atomic mass is 10.2. The van der Waals surface area contributed by atoms with E-state index in [1.165, 1.54) is 0 Å². The highest BCUT2D eigenvalue weighted by Gasteiger charge is 2.17. The van der Waals surface area contributed by atoms with Crippen molar-refractivity contribution in [3.05, 3.63) is 35.1 Å². The topological polar surface area (TPSA) is 87.4 Å². The minimum Gasteiger partial charge on any atom is -0.398 e. The van der Waals surface area contributed by atoms with E-state index in [2.05, 4.69) is 20.6 Å². The largest absolute Gasteiger partial charge is 0.398 e. The first kappa shape index (κ1) is 12.6. The second-order valence-electron chi connectivity index (χ2n) is 4.40. The van der Waals surface area contributed by atoms with Crippen LogP contribution >= 0.6 is 11.6 Å². The molecule has 3 rings (SSSR count). The molecule has 0 aliphatic carbocycles. The third kappa shape index (κ3) is 1.92. The van der Waals surface area contributed by atoms with Gasteiger partial charge >= 0.3 is 0 Å². The number of anilines is 1. The summed E-state index contributed by atoms with van der Waals surface area (Å²) in [7, 11) is 1.84. The van der Waals surface area contributed by atoms with E-state index in [1.54, 1.807) is 15.4 Å². The zero-order chi connectivity index (χ0) is 14.3. The molecular weight excluding hydrogens is 278 g/mol. The van der Waals surface area contributed by atoms with E-state index in [4.69, 9.17) is 17.3 Å². The summed E-state index contributed by atoms with van der Waals surface area (Å²) in [5.74, 6) is 0.526. The van der Waals surface area contributed by atoms with Gasteiger partial charge in [0.25, 0.3) is 0 Å². The predicted molar refractivity (Wildman–Crippen MR) is 75.5 cm³/mol.